The summed E-state index contributed by atoms with van der Waals surface area (Å²) in [6.45, 7) is 2.41. The first-order valence-corrected chi connectivity index (χ1v) is 10.7. The number of carbonyl (C=O) groups is 1. The third-order valence-electron chi connectivity index (χ3n) is 4.22. The average molecular weight is 396 g/mol. The lowest BCUT2D eigenvalue weighted by Gasteiger charge is -2.24. The van der Waals surface area contributed by atoms with E-state index in [1.54, 1.807) is 14.0 Å². The van der Waals surface area contributed by atoms with Crippen LogP contribution in [0.1, 0.15) is 23.1 Å². The number of anilines is 1. The van der Waals surface area contributed by atoms with Crippen LogP contribution in [0.5, 0.6) is 5.75 Å². The Morgan fingerprint density at radius 1 is 1.35 bits per heavy atom. The summed E-state index contributed by atoms with van der Waals surface area (Å²) in [7, 11) is -1.61. The van der Waals surface area contributed by atoms with Crippen molar-refractivity contribution in [2.75, 3.05) is 24.7 Å². The van der Waals surface area contributed by atoms with E-state index in [0.29, 0.717) is 24.6 Å². The minimum absolute atomic E-state index is 0.0899. The number of rotatable bonds is 6. The largest absolute Gasteiger partial charge is 0.497 e. The van der Waals surface area contributed by atoms with Gasteiger partial charge in [-0.05, 0) is 24.6 Å². The molecule has 0 saturated heterocycles. The second kappa shape index (κ2) is 7.73. The molecule has 2 heterocycles. The number of aromatic nitrogens is 1. The highest BCUT2D eigenvalue weighted by atomic mass is 32.2. The summed E-state index contributed by atoms with van der Waals surface area (Å²) in [6, 6.07) is 7.32. The Morgan fingerprint density at radius 2 is 2.08 bits per heavy atom. The molecule has 0 atom stereocenters. The Morgan fingerprint density at radius 3 is 2.73 bits per heavy atom. The number of hydrogen-bond acceptors (Lipinski definition) is 6. The van der Waals surface area contributed by atoms with Gasteiger partial charge in [-0.2, -0.15) is 4.31 Å². The maximum Gasteiger partial charge on any atom is 0.230 e. The summed E-state index contributed by atoms with van der Waals surface area (Å²) < 4.78 is 30.6. The number of thiazole rings is 1. The maximum absolute atomic E-state index is 12.2. The number of hydrogen-bond donors (Lipinski definition) is 1. The van der Waals surface area contributed by atoms with Crippen molar-refractivity contribution in [3.8, 4) is 5.75 Å². The Labute approximate surface area is 157 Å². The highest BCUT2D eigenvalue weighted by Gasteiger charge is 2.28. The molecule has 1 aromatic heterocycles. The Hall–Kier alpha value is -1.97. The molecule has 9 heteroatoms. The van der Waals surface area contributed by atoms with E-state index in [1.165, 1.54) is 15.6 Å². The Bertz CT molecular complexity index is 891. The average Bonchev–Trinajstić information content (AvgIpc) is 3.03. The standard InChI is InChI=1S/C17H21N3O4S2/c1-3-26(22,23)20-9-8-14-15(11-20)25-17(18-14)19-16(21)10-12-4-6-13(24-2)7-5-12/h4-7H,3,8-11H2,1-2H3,(H,18,19,21). The van der Waals surface area contributed by atoms with Crippen molar-refractivity contribution in [3.63, 3.8) is 0 Å². The molecule has 26 heavy (non-hydrogen) atoms. The summed E-state index contributed by atoms with van der Waals surface area (Å²) in [5.41, 5.74) is 1.75. The Balaban J connectivity index is 1.64. The van der Waals surface area contributed by atoms with E-state index < -0.39 is 10.0 Å². The quantitative estimate of drug-likeness (QED) is 0.809. The van der Waals surface area contributed by atoms with Gasteiger partial charge in [0, 0.05) is 24.4 Å². The fourth-order valence-electron chi connectivity index (χ4n) is 2.74. The van der Waals surface area contributed by atoms with Gasteiger partial charge in [0.05, 0.1) is 25.0 Å². The molecular weight excluding hydrogens is 374 g/mol. The van der Waals surface area contributed by atoms with Gasteiger partial charge in [-0.3, -0.25) is 4.79 Å². The van der Waals surface area contributed by atoms with Crippen LogP contribution >= 0.6 is 11.3 Å². The van der Waals surface area contributed by atoms with Crippen LogP contribution in [-0.2, 0) is 34.2 Å². The molecule has 1 aromatic carbocycles. The van der Waals surface area contributed by atoms with Crippen LogP contribution in [0.4, 0.5) is 5.13 Å². The summed E-state index contributed by atoms with van der Waals surface area (Å²) >= 11 is 1.34. The highest BCUT2D eigenvalue weighted by molar-refractivity contribution is 7.89. The molecule has 2 aromatic rings. The number of amides is 1. The topological polar surface area (TPSA) is 88.6 Å². The van der Waals surface area contributed by atoms with E-state index in [2.05, 4.69) is 10.3 Å². The third-order valence-corrected chi connectivity index (χ3v) is 7.05. The van der Waals surface area contributed by atoms with Gasteiger partial charge in [-0.15, -0.1) is 11.3 Å². The van der Waals surface area contributed by atoms with Gasteiger partial charge in [0.25, 0.3) is 0 Å². The number of sulfonamides is 1. The van der Waals surface area contributed by atoms with Crippen molar-refractivity contribution in [2.24, 2.45) is 0 Å². The Kier molecular flexibility index (Phi) is 5.59. The smallest absolute Gasteiger partial charge is 0.230 e. The van der Waals surface area contributed by atoms with Crippen molar-refractivity contribution in [1.82, 2.24) is 9.29 Å². The lowest BCUT2D eigenvalue weighted by atomic mass is 10.1. The molecule has 0 fully saturated rings. The van der Waals surface area contributed by atoms with Crippen molar-refractivity contribution >= 4 is 32.4 Å². The zero-order valence-electron chi connectivity index (χ0n) is 14.7. The van der Waals surface area contributed by atoms with Crippen LogP contribution in [0.25, 0.3) is 0 Å². The van der Waals surface area contributed by atoms with E-state index in [4.69, 9.17) is 4.74 Å². The molecule has 140 valence electrons. The van der Waals surface area contributed by atoms with Crippen molar-refractivity contribution < 1.29 is 17.9 Å². The van der Waals surface area contributed by atoms with Crippen LogP contribution in [0.2, 0.25) is 0 Å². The first-order chi connectivity index (χ1) is 12.4. The van der Waals surface area contributed by atoms with Crippen molar-refractivity contribution in [3.05, 3.63) is 40.4 Å². The third kappa shape index (κ3) is 4.22. The molecule has 0 radical (unpaired) electrons. The van der Waals surface area contributed by atoms with Crippen molar-refractivity contribution in [1.29, 1.82) is 0 Å². The minimum atomic E-state index is -3.21. The van der Waals surface area contributed by atoms with Crippen LogP contribution in [0.15, 0.2) is 24.3 Å². The monoisotopic (exact) mass is 395 g/mol. The zero-order valence-corrected chi connectivity index (χ0v) is 16.3. The van der Waals surface area contributed by atoms with Gasteiger partial charge in [-0.1, -0.05) is 12.1 Å². The summed E-state index contributed by atoms with van der Waals surface area (Å²) in [4.78, 5) is 17.6. The number of methoxy groups -OCH3 is 1. The molecule has 0 bridgehead atoms. The van der Waals surface area contributed by atoms with E-state index in [1.807, 2.05) is 24.3 Å². The molecule has 0 unspecified atom stereocenters. The van der Waals surface area contributed by atoms with E-state index in [-0.39, 0.29) is 18.1 Å². The molecule has 1 aliphatic rings. The fraction of sp³-hybridized carbons (Fsp3) is 0.412. The minimum Gasteiger partial charge on any atom is -0.497 e. The summed E-state index contributed by atoms with van der Waals surface area (Å²) in [5.74, 6) is 0.680. The zero-order chi connectivity index (χ0) is 18.7. The number of nitrogens with zero attached hydrogens (tertiary/aromatic N) is 2. The summed E-state index contributed by atoms with van der Waals surface area (Å²) in [5, 5.41) is 3.33. The van der Waals surface area contributed by atoms with Gasteiger partial charge in [-0.25, -0.2) is 13.4 Å². The van der Waals surface area contributed by atoms with Gasteiger partial charge < -0.3 is 10.1 Å². The lowest BCUT2D eigenvalue weighted by Crippen LogP contribution is -2.36. The predicted molar refractivity (Wildman–Crippen MR) is 101 cm³/mol. The SMILES string of the molecule is CCS(=O)(=O)N1CCc2nc(NC(=O)Cc3ccc(OC)cc3)sc2C1. The first kappa shape index (κ1) is 18.8. The number of benzene rings is 1. The maximum atomic E-state index is 12.2. The lowest BCUT2D eigenvalue weighted by molar-refractivity contribution is -0.115. The van der Waals surface area contributed by atoms with E-state index >= 15 is 0 Å². The highest BCUT2D eigenvalue weighted by Crippen LogP contribution is 2.29. The van der Waals surface area contributed by atoms with Crippen LogP contribution in [0.3, 0.4) is 0 Å². The number of fused-ring (bicyclic) bond motifs is 1. The normalized spacial score (nSPS) is 14.7. The molecule has 0 spiro atoms. The molecule has 0 saturated carbocycles. The summed E-state index contributed by atoms with van der Waals surface area (Å²) in [6.07, 6.45) is 0.810. The second-order valence-electron chi connectivity index (χ2n) is 5.95. The second-order valence-corrected chi connectivity index (χ2v) is 9.29. The molecule has 1 amide bonds. The van der Waals surface area contributed by atoms with Crippen LogP contribution < -0.4 is 10.1 Å². The van der Waals surface area contributed by atoms with Gasteiger partial charge in [0.1, 0.15) is 5.75 Å². The van der Waals surface area contributed by atoms with E-state index in [0.717, 1.165) is 21.9 Å². The van der Waals surface area contributed by atoms with Crippen molar-refractivity contribution in [2.45, 2.75) is 26.3 Å². The molecule has 1 N–H and O–H groups in total. The molecular formula is C17H21N3O4S2. The molecule has 0 aliphatic carbocycles. The van der Waals surface area contributed by atoms with Crippen LogP contribution in [0, 0.1) is 0 Å². The molecule has 3 rings (SSSR count). The molecule has 1 aliphatic heterocycles. The van der Waals surface area contributed by atoms with E-state index in [9.17, 15) is 13.2 Å². The van der Waals surface area contributed by atoms with Gasteiger partial charge in [0.2, 0.25) is 15.9 Å². The predicted octanol–water partition coefficient (Wildman–Crippen LogP) is 2.04. The van der Waals surface area contributed by atoms with Gasteiger partial charge >= 0.3 is 0 Å². The number of carbonyl (C=O) groups excluding carboxylic acids is 1. The van der Waals surface area contributed by atoms with Gasteiger partial charge in [0.15, 0.2) is 5.13 Å². The van der Waals surface area contributed by atoms with Crippen LogP contribution in [-0.4, -0.2) is 43.0 Å². The first-order valence-electron chi connectivity index (χ1n) is 8.30. The fourth-order valence-corrected chi connectivity index (χ4v) is 4.92. The number of ether oxygens (including phenoxy) is 1. The molecule has 7 nitrogen and oxygen atoms in total. The number of nitrogens with one attached hydrogen (secondary N) is 1.